The van der Waals surface area contributed by atoms with Gasteiger partial charge in [-0.2, -0.15) is 9.57 Å². The molecule has 0 spiro atoms. The number of sulfonamides is 1. The van der Waals surface area contributed by atoms with Gasteiger partial charge in [0, 0.05) is 56.5 Å². The number of aromatic nitrogens is 2. The summed E-state index contributed by atoms with van der Waals surface area (Å²) in [6, 6.07) is 20.3. The standard InChI is InChI=1S/C32H34N6O4S/c1-35-22-34-18-28(35)21-37-20-27(16-26-15-24(17-33)9-10-30(26)37)38(19-23-11-13-36(14-12-23)32(39)40)43(41,42)31-8-4-6-25-5-2-3-7-29(25)31/h2-10,15,18,22-23,27H,11-14,16,19-21H2,1H3,(H,39,40). The number of rotatable bonds is 7. The number of hydrogen-bond donors (Lipinski definition) is 1. The average molecular weight is 599 g/mol. The lowest BCUT2D eigenvalue weighted by Crippen LogP contribution is -2.53. The quantitative estimate of drug-likeness (QED) is 0.333. The van der Waals surface area contributed by atoms with Crippen molar-refractivity contribution < 1.29 is 18.3 Å². The van der Waals surface area contributed by atoms with Crippen LogP contribution in [0.4, 0.5) is 10.5 Å². The summed E-state index contributed by atoms with van der Waals surface area (Å²) >= 11 is 0. The third kappa shape index (κ3) is 5.68. The number of carbonyl (C=O) groups is 1. The highest BCUT2D eigenvalue weighted by Crippen LogP contribution is 2.36. The number of fused-ring (bicyclic) bond motifs is 2. The van der Waals surface area contributed by atoms with Crippen molar-refractivity contribution in [3.05, 3.63) is 90.0 Å². The Balaban J connectivity index is 1.41. The summed E-state index contributed by atoms with van der Waals surface area (Å²) in [5.41, 5.74) is 3.43. The number of hydrogen-bond acceptors (Lipinski definition) is 6. The predicted molar refractivity (Wildman–Crippen MR) is 163 cm³/mol. The first-order valence-corrected chi connectivity index (χ1v) is 15.9. The number of amides is 1. The van der Waals surface area contributed by atoms with E-state index in [4.69, 9.17) is 0 Å². The van der Waals surface area contributed by atoms with Gasteiger partial charge >= 0.3 is 6.09 Å². The van der Waals surface area contributed by atoms with Crippen LogP contribution in [0.5, 0.6) is 0 Å². The van der Waals surface area contributed by atoms with Crippen molar-refractivity contribution in [3.63, 3.8) is 0 Å². The molecule has 10 nitrogen and oxygen atoms in total. The molecule has 2 aliphatic rings. The van der Waals surface area contributed by atoms with Gasteiger partial charge in [0.25, 0.3) is 0 Å². The Labute approximate surface area is 251 Å². The van der Waals surface area contributed by atoms with Gasteiger partial charge in [0.1, 0.15) is 0 Å². The van der Waals surface area contributed by atoms with Crippen LogP contribution in [0.25, 0.3) is 10.8 Å². The van der Waals surface area contributed by atoms with Crippen LogP contribution in [0.1, 0.15) is 29.7 Å². The molecule has 1 fully saturated rings. The SMILES string of the molecule is Cn1cncc1CN1CC(N(CC2CCN(C(=O)O)CC2)S(=O)(=O)c2cccc3ccccc23)Cc2cc(C#N)ccc21. The number of piperidine rings is 1. The molecular weight excluding hydrogens is 564 g/mol. The lowest BCUT2D eigenvalue weighted by atomic mass is 9.93. The van der Waals surface area contributed by atoms with Gasteiger partial charge in [0.2, 0.25) is 10.0 Å². The van der Waals surface area contributed by atoms with Crippen LogP contribution < -0.4 is 4.90 Å². The maximum atomic E-state index is 14.7. The Bertz CT molecular complexity index is 1800. The molecule has 1 amide bonds. The number of aryl methyl sites for hydroxylation is 1. The molecule has 2 aliphatic heterocycles. The fourth-order valence-electron chi connectivity index (χ4n) is 6.43. The van der Waals surface area contributed by atoms with Gasteiger partial charge in [-0.1, -0.05) is 36.4 Å². The van der Waals surface area contributed by atoms with Crippen LogP contribution in [0.2, 0.25) is 0 Å². The van der Waals surface area contributed by atoms with Crippen LogP contribution in [0, 0.1) is 17.2 Å². The van der Waals surface area contributed by atoms with Gasteiger partial charge in [-0.25, -0.2) is 18.2 Å². The van der Waals surface area contributed by atoms with E-state index >= 15 is 0 Å². The van der Waals surface area contributed by atoms with Crippen molar-refractivity contribution in [3.8, 4) is 6.07 Å². The van der Waals surface area contributed by atoms with Gasteiger partial charge < -0.3 is 19.5 Å². The van der Waals surface area contributed by atoms with Crippen molar-refractivity contribution in [2.24, 2.45) is 13.0 Å². The second-order valence-electron chi connectivity index (χ2n) is 11.5. The second-order valence-corrected chi connectivity index (χ2v) is 13.3. The van der Waals surface area contributed by atoms with Crippen LogP contribution in [-0.2, 0) is 30.0 Å². The zero-order valence-electron chi connectivity index (χ0n) is 24.0. The normalized spacial score (nSPS) is 17.7. The van der Waals surface area contributed by atoms with E-state index in [-0.39, 0.29) is 17.4 Å². The van der Waals surface area contributed by atoms with E-state index in [1.807, 2.05) is 60.3 Å². The van der Waals surface area contributed by atoms with E-state index in [9.17, 15) is 23.6 Å². The molecule has 1 saturated heterocycles. The summed E-state index contributed by atoms with van der Waals surface area (Å²) < 4.78 is 33.1. The summed E-state index contributed by atoms with van der Waals surface area (Å²) in [5, 5.41) is 20.6. The number of nitrogens with zero attached hydrogens (tertiary/aromatic N) is 6. The Morgan fingerprint density at radius 1 is 1.12 bits per heavy atom. The lowest BCUT2D eigenvalue weighted by molar-refractivity contribution is 0.118. The topological polar surface area (TPSA) is 123 Å². The maximum Gasteiger partial charge on any atom is 0.407 e. The molecule has 0 saturated carbocycles. The number of anilines is 1. The van der Waals surface area contributed by atoms with E-state index < -0.39 is 22.2 Å². The summed E-state index contributed by atoms with van der Waals surface area (Å²) in [6.45, 7) is 2.05. The number of likely N-dealkylation sites (tertiary alicyclic amines) is 1. The number of nitriles is 1. The summed E-state index contributed by atoms with van der Waals surface area (Å²) in [5.74, 6) is 0.0118. The molecule has 1 atom stereocenters. The zero-order chi connectivity index (χ0) is 30.1. The molecule has 1 unspecified atom stereocenters. The van der Waals surface area contributed by atoms with E-state index in [2.05, 4.69) is 16.0 Å². The molecule has 0 bridgehead atoms. The lowest BCUT2D eigenvalue weighted by Gasteiger charge is -2.42. The molecule has 6 rings (SSSR count). The molecule has 0 radical (unpaired) electrons. The molecule has 3 aromatic carbocycles. The summed E-state index contributed by atoms with van der Waals surface area (Å²) in [4.78, 5) is 19.7. The van der Waals surface area contributed by atoms with Gasteiger partial charge in [-0.3, -0.25) is 0 Å². The first kappa shape index (κ1) is 28.7. The smallest absolute Gasteiger partial charge is 0.407 e. The van der Waals surface area contributed by atoms with Crippen LogP contribution >= 0.6 is 0 Å². The van der Waals surface area contributed by atoms with E-state index in [1.54, 1.807) is 28.8 Å². The Morgan fingerprint density at radius 2 is 1.88 bits per heavy atom. The molecule has 43 heavy (non-hydrogen) atoms. The molecule has 222 valence electrons. The van der Waals surface area contributed by atoms with Gasteiger partial charge in [-0.15, -0.1) is 0 Å². The van der Waals surface area contributed by atoms with Crippen molar-refractivity contribution >= 4 is 32.6 Å². The largest absolute Gasteiger partial charge is 0.465 e. The summed E-state index contributed by atoms with van der Waals surface area (Å²) in [7, 11) is -2.04. The molecule has 0 aliphatic carbocycles. The average Bonchev–Trinajstić information content (AvgIpc) is 3.42. The van der Waals surface area contributed by atoms with Crippen LogP contribution in [-0.4, -0.2) is 70.6 Å². The Hall–Kier alpha value is -4.40. The van der Waals surface area contributed by atoms with Gasteiger partial charge in [-0.05, 0) is 60.4 Å². The molecule has 11 heteroatoms. The first-order valence-electron chi connectivity index (χ1n) is 14.4. The number of carboxylic acid groups (broad SMARTS) is 1. The monoisotopic (exact) mass is 598 g/mol. The zero-order valence-corrected chi connectivity index (χ0v) is 24.8. The maximum absolute atomic E-state index is 14.7. The highest BCUT2D eigenvalue weighted by atomic mass is 32.2. The minimum Gasteiger partial charge on any atom is -0.465 e. The molecule has 1 N–H and O–H groups in total. The minimum atomic E-state index is -3.97. The fourth-order valence-corrected chi connectivity index (χ4v) is 8.33. The van der Waals surface area contributed by atoms with E-state index in [1.165, 1.54) is 4.90 Å². The minimum absolute atomic E-state index is 0.0118. The van der Waals surface area contributed by atoms with Crippen LogP contribution in [0.15, 0.2) is 78.1 Å². The van der Waals surface area contributed by atoms with Crippen molar-refractivity contribution in [1.29, 1.82) is 5.26 Å². The number of imidazole rings is 1. The third-order valence-corrected chi connectivity index (χ3v) is 10.7. The second kappa shape index (κ2) is 11.7. The highest BCUT2D eigenvalue weighted by molar-refractivity contribution is 7.89. The highest BCUT2D eigenvalue weighted by Gasteiger charge is 2.39. The van der Waals surface area contributed by atoms with Crippen molar-refractivity contribution in [2.75, 3.05) is 31.1 Å². The predicted octanol–water partition coefficient (Wildman–Crippen LogP) is 4.46. The van der Waals surface area contributed by atoms with E-state index in [0.717, 1.165) is 22.3 Å². The molecule has 3 heterocycles. The van der Waals surface area contributed by atoms with Crippen LogP contribution in [0.3, 0.4) is 0 Å². The first-order chi connectivity index (χ1) is 20.7. The van der Waals surface area contributed by atoms with E-state index in [0.29, 0.717) is 56.4 Å². The fraction of sp³-hybridized carbons (Fsp3) is 0.344. The summed E-state index contributed by atoms with van der Waals surface area (Å²) in [6.07, 6.45) is 4.26. The van der Waals surface area contributed by atoms with Crippen molar-refractivity contribution in [1.82, 2.24) is 18.8 Å². The van der Waals surface area contributed by atoms with Gasteiger partial charge in [0.05, 0.1) is 35.1 Å². The Kier molecular flexibility index (Phi) is 7.81. The molecule has 4 aromatic rings. The van der Waals surface area contributed by atoms with Gasteiger partial charge in [0.15, 0.2) is 0 Å². The number of benzene rings is 3. The molecule has 1 aromatic heterocycles. The molecular formula is C32H34N6O4S. The van der Waals surface area contributed by atoms with Crippen molar-refractivity contribution in [2.45, 2.75) is 36.7 Å². The Morgan fingerprint density at radius 3 is 2.60 bits per heavy atom. The third-order valence-electron chi connectivity index (χ3n) is 8.77.